The van der Waals surface area contributed by atoms with Gasteiger partial charge in [-0.2, -0.15) is 18.3 Å². The molecule has 0 saturated heterocycles. The van der Waals surface area contributed by atoms with Crippen LogP contribution in [0, 0.1) is 0 Å². The second-order valence-electron chi connectivity index (χ2n) is 3.78. The summed E-state index contributed by atoms with van der Waals surface area (Å²) in [6, 6.07) is 2.13. The Morgan fingerprint density at radius 1 is 1.26 bits per heavy atom. The summed E-state index contributed by atoms with van der Waals surface area (Å²) in [5.41, 5.74) is -1.01. The van der Waals surface area contributed by atoms with Crippen LogP contribution in [-0.4, -0.2) is 31.5 Å². The van der Waals surface area contributed by atoms with E-state index in [1.54, 1.807) is 11.7 Å². The Balaban J connectivity index is 1.89. The van der Waals surface area contributed by atoms with Crippen molar-refractivity contribution < 1.29 is 13.2 Å². The molecule has 102 valence electrons. The van der Waals surface area contributed by atoms with Crippen LogP contribution in [-0.2, 0) is 19.6 Å². The minimum absolute atomic E-state index is 0.287. The number of aryl methyl sites for hydroxylation is 1. The maximum Gasteiger partial charge on any atom is 0.435 e. The number of halogens is 3. The van der Waals surface area contributed by atoms with E-state index in [0.29, 0.717) is 13.0 Å². The maximum atomic E-state index is 12.3. The fraction of sp³-hybridized carbons (Fsp3) is 0.400. The third-order valence-electron chi connectivity index (χ3n) is 2.41. The molecule has 0 saturated carbocycles. The van der Waals surface area contributed by atoms with Gasteiger partial charge in [-0.15, -0.1) is 10.2 Å². The molecule has 19 heavy (non-hydrogen) atoms. The summed E-state index contributed by atoms with van der Waals surface area (Å²) in [5, 5.41) is 13.3. The van der Waals surface area contributed by atoms with Gasteiger partial charge in [-0.25, -0.2) is 4.98 Å². The van der Waals surface area contributed by atoms with E-state index in [9.17, 15) is 13.2 Å². The fourth-order valence-corrected chi connectivity index (χ4v) is 1.43. The highest BCUT2D eigenvalue weighted by Crippen LogP contribution is 2.26. The van der Waals surface area contributed by atoms with Gasteiger partial charge in [0.15, 0.2) is 5.69 Å². The fourth-order valence-electron chi connectivity index (χ4n) is 1.43. The number of anilines is 1. The van der Waals surface area contributed by atoms with Crippen LogP contribution in [0.25, 0.3) is 0 Å². The van der Waals surface area contributed by atoms with Crippen molar-refractivity contribution in [1.29, 1.82) is 0 Å². The number of nitrogens with one attached hydrogen (secondary N) is 1. The molecule has 2 rings (SSSR count). The number of aromatic nitrogens is 5. The maximum absolute atomic E-state index is 12.3. The Morgan fingerprint density at radius 3 is 2.58 bits per heavy atom. The average Bonchev–Trinajstić information content (AvgIpc) is 2.75. The third kappa shape index (κ3) is 3.39. The molecule has 0 aliphatic heterocycles. The molecule has 2 heterocycles. The normalized spacial score (nSPS) is 11.6. The molecule has 0 atom stereocenters. The highest BCUT2D eigenvalue weighted by atomic mass is 19.4. The van der Waals surface area contributed by atoms with Gasteiger partial charge in [0.25, 0.3) is 0 Å². The summed E-state index contributed by atoms with van der Waals surface area (Å²) < 4.78 is 38.4. The first-order valence-electron chi connectivity index (χ1n) is 5.44. The summed E-state index contributed by atoms with van der Waals surface area (Å²) in [4.78, 5) is 4.02. The van der Waals surface area contributed by atoms with Crippen molar-refractivity contribution in [3.63, 3.8) is 0 Å². The molecule has 2 aromatic rings. The second kappa shape index (κ2) is 5.21. The van der Waals surface area contributed by atoms with Crippen molar-refractivity contribution in [3.8, 4) is 0 Å². The van der Waals surface area contributed by atoms with Crippen molar-refractivity contribution in [1.82, 2.24) is 25.0 Å². The van der Waals surface area contributed by atoms with E-state index in [0.717, 1.165) is 11.9 Å². The zero-order valence-electron chi connectivity index (χ0n) is 10.0. The largest absolute Gasteiger partial charge is 0.435 e. The van der Waals surface area contributed by atoms with Crippen molar-refractivity contribution in [2.24, 2.45) is 7.05 Å². The van der Waals surface area contributed by atoms with Gasteiger partial charge in [-0.1, -0.05) is 0 Å². The van der Waals surface area contributed by atoms with Gasteiger partial charge in [-0.05, 0) is 12.1 Å². The predicted molar refractivity (Wildman–Crippen MR) is 60.2 cm³/mol. The average molecular weight is 272 g/mol. The predicted octanol–water partition coefficient (Wildman–Crippen LogP) is 1.28. The van der Waals surface area contributed by atoms with Crippen LogP contribution < -0.4 is 5.32 Å². The molecule has 0 amide bonds. The summed E-state index contributed by atoms with van der Waals surface area (Å²) in [7, 11) is 1.76. The van der Waals surface area contributed by atoms with Gasteiger partial charge >= 0.3 is 6.18 Å². The number of rotatable bonds is 4. The molecular formula is C10H11F3N6. The van der Waals surface area contributed by atoms with Crippen molar-refractivity contribution in [2.75, 3.05) is 11.9 Å². The van der Waals surface area contributed by atoms with Crippen LogP contribution in [0.3, 0.4) is 0 Å². The van der Waals surface area contributed by atoms with E-state index in [1.165, 1.54) is 12.4 Å². The SMILES string of the molecule is Cn1ncnc1CCNc1ccc(C(F)(F)F)nn1. The Bertz CT molecular complexity index is 533. The zero-order valence-corrected chi connectivity index (χ0v) is 10.0. The molecule has 6 nitrogen and oxygen atoms in total. The molecular weight excluding hydrogens is 261 g/mol. The summed E-state index contributed by atoms with van der Waals surface area (Å²) in [6.45, 7) is 0.479. The zero-order chi connectivity index (χ0) is 13.9. The number of nitrogens with zero attached hydrogens (tertiary/aromatic N) is 5. The molecule has 9 heteroatoms. The van der Waals surface area contributed by atoms with Crippen LogP contribution in [0.1, 0.15) is 11.5 Å². The summed E-state index contributed by atoms with van der Waals surface area (Å²) >= 11 is 0. The van der Waals surface area contributed by atoms with Crippen LogP contribution >= 0.6 is 0 Å². The van der Waals surface area contributed by atoms with Crippen molar-refractivity contribution in [3.05, 3.63) is 30.0 Å². The molecule has 0 aliphatic rings. The molecule has 0 bridgehead atoms. The standard InChI is InChI=1S/C10H11F3N6/c1-19-9(15-6-16-19)4-5-14-8-3-2-7(17-18-8)10(11,12)13/h2-3,6H,4-5H2,1H3,(H,14,18). The van der Waals surface area contributed by atoms with Crippen LogP contribution in [0.2, 0.25) is 0 Å². The quantitative estimate of drug-likeness (QED) is 0.908. The van der Waals surface area contributed by atoms with Gasteiger partial charge in [0.1, 0.15) is 18.0 Å². The first-order valence-corrected chi connectivity index (χ1v) is 5.44. The number of hydrogen-bond acceptors (Lipinski definition) is 5. The Hall–Kier alpha value is -2.19. The molecule has 0 radical (unpaired) electrons. The van der Waals surface area contributed by atoms with Crippen molar-refractivity contribution in [2.45, 2.75) is 12.6 Å². The van der Waals surface area contributed by atoms with E-state index >= 15 is 0 Å². The van der Waals surface area contributed by atoms with E-state index in [-0.39, 0.29) is 5.82 Å². The van der Waals surface area contributed by atoms with Gasteiger partial charge in [0.05, 0.1) is 0 Å². The smallest absolute Gasteiger partial charge is 0.368 e. The second-order valence-corrected chi connectivity index (χ2v) is 3.78. The first-order chi connectivity index (χ1) is 8.97. The van der Waals surface area contributed by atoms with Gasteiger partial charge in [0.2, 0.25) is 0 Å². The molecule has 0 spiro atoms. The lowest BCUT2D eigenvalue weighted by Crippen LogP contribution is -2.13. The lowest BCUT2D eigenvalue weighted by atomic mass is 10.3. The van der Waals surface area contributed by atoms with Crippen LogP contribution in [0.15, 0.2) is 18.5 Å². The molecule has 0 aromatic carbocycles. The lowest BCUT2D eigenvalue weighted by molar-refractivity contribution is -0.141. The van der Waals surface area contributed by atoms with Gasteiger partial charge in [-0.3, -0.25) is 4.68 Å². The minimum atomic E-state index is -4.47. The molecule has 0 fully saturated rings. The number of alkyl halides is 3. The highest BCUT2D eigenvalue weighted by molar-refractivity contribution is 5.33. The molecule has 0 aliphatic carbocycles. The Morgan fingerprint density at radius 2 is 2.05 bits per heavy atom. The van der Waals surface area contributed by atoms with E-state index in [2.05, 4.69) is 25.6 Å². The van der Waals surface area contributed by atoms with E-state index < -0.39 is 11.9 Å². The number of hydrogen-bond donors (Lipinski definition) is 1. The van der Waals surface area contributed by atoms with Crippen molar-refractivity contribution >= 4 is 5.82 Å². The van der Waals surface area contributed by atoms with Crippen LogP contribution in [0.4, 0.5) is 19.0 Å². The van der Waals surface area contributed by atoms with E-state index in [4.69, 9.17) is 0 Å². The molecule has 0 unspecified atom stereocenters. The Kier molecular flexibility index (Phi) is 3.63. The van der Waals surface area contributed by atoms with E-state index in [1.807, 2.05) is 0 Å². The third-order valence-corrected chi connectivity index (χ3v) is 2.41. The monoisotopic (exact) mass is 272 g/mol. The topological polar surface area (TPSA) is 68.5 Å². The van der Waals surface area contributed by atoms with Gasteiger partial charge in [0, 0.05) is 20.0 Å². The molecule has 1 N–H and O–H groups in total. The first kappa shape index (κ1) is 13.2. The highest BCUT2D eigenvalue weighted by Gasteiger charge is 2.32. The minimum Gasteiger partial charge on any atom is -0.368 e. The van der Waals surface area contributed by atoms with Crippen LogP contribution in [0.5, 0.6) is 0 Å². The Labute approximate surface area is 106 Å². The lowest BCUT2D eigenvalue weighted by Gasteiger charge is -2.07. The van der Waals surface area contributed by atoms with Gasteiger partial charge < -0.3 is 5.32 Å². The molecule has 2 aromatic heterocycles. The summed E-state index contributed by atoms with van der Waals surface area (Å²) in [5.74, 6) is 1.06. The summed E-state index contributed by atoms with van der Waals surface area (Å²) in [6.07, 6.45) is -2.45.